The number of allylic oxidation sites excluding steroid dienone is 2. The molecule has 0 nitrogen and oxygen atoms in total. The summed E-state index contributed by atoms with van der Waals surface area (Å²) in [7, 11) is 0. The molecule has 0 aliphatic rings. The van der Waals surface area contributed by atoms with E-state index in [1.54, 1.807) is 23.5 Å². The van der Waals surface area contributed by atoms with E-state index in [0.717, 1.165) is 11.5 Å². The molecular weight excluding hydrogens is 304 g/mol. The van der Waals surface area contributed by atoms with Gasteiger partial charge in [-0.25, -0.2) is 0 Å². The van der Waals surface area contributed by atoms with Gasteiger partial charge in [0.2, 0.25) is 0 Å². The average molecular weight is 320 g/mol. The van der Waals surface area contributed by atoms with E-state index in [4.69, 9.17) is 0 Å². The number of benzene rings is 2. The third kappa shape index (κ3) is 7.14. The molecule has 0 atom stereocenters. The molecule has 0 aliphatic carbocycles. The zero-order chi connectivity index (χ0) is 15.3. The highest BCUT2D eigenvalue weighted by Gasteiger charge is 1.88. The minimum absolute atomic E-state index is 0.797. The highest BCUT2D eigenvalue weighted by atomic mass is 32.2. The van der Waals surface area contributed by atoms with Gasteiger partial charge >= 0.3 is 0 Å². The summed E-state index contributed by atoms with van der Waals surface area (Å²) in [6.45, 7) is 0. The molecule has 0 aromatic heterocycles. The Kier molecular flexibility index (Phi) is 7.95. The quantitative estimate of drug-likeness (QED) is 0.565. The van der Waals surface area contributed by atoms with Crippen LogP contribution in [0, 0.1) is 23.7 Å². The van der Waals surface area contributed by atoms with Gasteiger partial charge in [0.05, 0.1) is 11.5 Å². The molecule has 2 rings (SSSR count). The second-order valence-corrected chi connectivity index (χ2v) is 6.28. The highest BCUT2D eigenvalue weighted by molar-refractivity contribution is 7.99. The van der Waals surface area contributed by atoms with Crippen LogP contribution in [0.1, 0.15) is 0 Å². The first kappa shape index (κ1) is 16.4. The second kappa shape index (κ2) is 10.7. The second-order valence-electron chi connectivity index (χ2n) is 4.18. The van der Waals surface area contributed by atoms with Crippen molar-refractivity contribution in [2.45, 2.75) is 9.79 Å². The molecule has 0 saturated carbocycles. The summed E-state index contributed by atoms with van der Waals surface area (Å²) < 4.78 is 0. The maximum absolute atomic E-state index is 3.10. The lowest BCUT2D eigenvalue weighted by molar-refractivity contribution is 1.46. The molecule has 0 bridgehead atoms. The zero-order valence-corrected chi connectivity index (χ0v) is 13.8. The van der Waals surface area contributed by atoms with Crippen LogP contribution in [0.15, 0.2) is 82.6 Å². The van der Waals surface area contributed by atoms with Crippen molar-refractivity contribution in [1.82, 2.24) is 0 Å². The van der Waals surface area contributed by atoms with Gasteiger partial charge in [0.25, 0.3) is 0 Å². The maximum atomic E-state index is 3.10. The highest BCUT2D eigenvalue weighted by Crippen LogP contribution is 2.16. The Morgan fingerprint density at radius 2 is 1.05 bits per heavy atom. The Balaban J connectivity index is 1.62. The van der Waals surface area contributed by atoms with Gasteiger partial charge in [-0.15, -0.1) is 23.5 Å². The summed E-state index contributed by atoms with van der Waals surface area (Å²) in [6.07, 6.45) is 3.62. The fourth-order valence-electron chi connectivity index (χ4n) is 1.56. The molecule has 0 aliphatic heterocycles. The molecule has 0 fully saturated rings. The van der Waals surface area contributed by atoms with Gasteiger partial charge in [-0.05, 0) is 36.4 Å². The summed E-state index contributed by atoms with van der Waals surface area (Å²) in [5.74, 6) is 13.8. The topological polar surface area (TPSA) is 0 Å². The van der Waals surface area contributed by atoms with Crippen molar-refractivity contribution in [2.24, 2.45) is 0 Å². The standard InChI is InChI=1S/C20H16S2/c1(3-11-17-21-19-13-7-5-8-14-19)2-4-12-18-22-20-15-9-6-10-16-20/h1-2,5-10,13-16H,17-18H2/b2-1-. The lowest BCUT2D eigenvalue weighted by atomic mass is 10.4. The van der Waals surface area contributed by atoms with Gasteiger partial charge in [0.1, 0.15) is 0 Å². The predicted octanol–water partition coefficient (Wildman–Crippen LogP) is 5.13. The predicted molar refractivity (Wildman–Crippen MR) is 99.0 cm³/mol. The third-order valence-electron chi connectivity index (χ3n) is 2.56. The summed E-state index contributed by atoms with van der Waals surface area (Å²) in [6, 6.07) is 20.6. The molecule has 22 heavy (non-hydrogen) atoms. The first-order valence-corrected chi connectivity index (χ1v) is 8.90. The first-order chi connectivity index (χ1) is 10.9. The van der Waals surface area contributed by atoms with E-state index < -0.39 is 0 Å². The van der Waals surface area contributed by atoms with E-state index >= 15 is 0 Å². The van der Waals surface area contributed by atoms with Crippen LogP contribution in [0.3, 0.4) is 0 Å². The first-order valence-electron chi connectivity index (χ1n) is 6.92. The van der Waals surface area contributed by atoms with Crippen LogP contribution >= 0.6 is 23.5 Å². The molecule has 2 aromatic carbocycles. The van der Waals surface area contributed by atoms with E-state index in [9.17, 15) is 0 Å². The monoisotopic (exact) mass is 320 g/mol. The number of thioether (sulfide) groups is 2. The lowest BCUT2D eigenvalue weighted by Crippen LogP contribution is -1.73. The molecule has 0 radical (unpaired) electrons. The zero-order valence-electron chi connectivity index (χ0n) is 12.2. The Hall–Kier alpha value is -2.00. The van der Waals surface area contributed by atoms with Crippen molar-refractivity contribution in [3.05, 3.63) is 72.8 Å². The summed E-state index contributed by atoms with van der Waals surface area (Å²) in [4.78, 5) is 2.50. The van der Waals surface area contributed by atoms with Crippen LogP contribution in [0.2, 0.25) is 0 Å². The van der Waals surface area contributed by atoms with Crippen molar-refractivity contribution >= 4 is 23.5 Å². The summed E-state index contributed by atoms with van der Waals surface area (Å²) in [5.41, 5.74) is 0. The number of hydrogen-bond acceptors (Lipinski definition) is 2. The Labute approximate surface area is 141 Å². The van der Waals surface area contributed by atoms with E-state index in [1.807, 2.05) is 48.6 Å². The van der Waals surface area contributed by atoms with Crippen LogP contribution in [0.4, 0.5) is 0 Å². The van der Waals surface area contributed by atoms with Gasteiger partial charge in [-0.3, -0.25) is 0 Å². The van der Waals surface area contributed by atoms with Gasteiger partial charge < -0.3 is 0 Å². The van der Waals surface area contributed by atoms with E-state index in [0.29, 0.717) is 0 Å². The number of hydrogen-bond donors (Lipinski definition) is 0. The molecular formula is C20H16S2. The van der Waals surface area contributed by atoms with E-state index in [-0.39, 0.29) is 0 Å². The van der Waals surface area contributed by atoms with Gasteiger partial charge in [-0.1, -0.05) is 60.1 Å². The van der Waals surface area contributed by atoms with Crippen LogP contribution in [0.25, 0.3) is 0 Å². The van der Waals surface area contributed by atoms with E-state index in [1.165, 1.54) is 9.79 Å². The van der Waals surface area contributed by atoms with Crippen molar-refractivity contribution in [3.63, 3.8) is 0 Å². The summed E-state index contributed by atoms with van der Waals surface area (Å²) >= 11 is 3.49. The van der Waals surface area contributed by atoms with Gasteiger partial charge in [0, 0.05) is 9.79 Å². The van der Waals surface area contributed by atoms with Gasteiger partial charge in [-0.2, -0.15) is 0 Å². The third-order valence-corrected chi connectivity index (χ3v) is 4.35. The molecule has 0 unspecified atom stereocenters. The fraction of sp³-hybridized carbons (Fsp3) is 0.100. The normalized spacial score (nSPS) is 9.64. The van der Waals surface area contributed by atoms with Crippen molar-refractivity contribution in [2.75, 3.05) is 11.5 Å². The van der Waals surface area contributed by atoms with Crippen molar-refractivity contribution in [3.8, 4) is 23.7 Å². The van der Waals surface area contributed by atoms with Crippen molar-refractivity contribution in [1.29, 1.82) is 0 Å². The molecule has 108 valence electrons. The Morgan fingerprint density at radius 3 is 1.45 bits per heavy atom. The van der Waals surface area contributed by atoms with Gasteiger partial charge in [0.15, 0.2) is 0 Å². The van der Waals surface area contributed by atoms with Crippen LogP contribution in [-0.2, 0) is 0 Å². The molecule has 0 N–H and O–H groups in total. The molecule has 0 saturated heterocycles. The minimum Gasteiger partial charge on any atom is -0.113 e. The van der Waals surface area contributed by atoms with Crippen LogP contribution in [-0.4, -0.2) is 11.5 Å². The van der Waals surface area contributed by atoms with Crippen LogP contribution in [0.5, 0.6) is 0 Å². The number of rotatable bonds is 4. The molecule has 2 aromatic rings. The smallest absolute Gasteiger partial charge is 0.0598 e. The van der Waals surface area contributed by atoms with E-state index in [2.05, 4.69) is 47.9 Å². The largest absolute Gasteiger partial charge is 0.113 e. The van der Waals surface area contributed by atoms with Crippen molar-refractivity contribution < 1.29 is 0 Å². The Morgan fingerprint density at radius 1 is 0.636 bits per heavy atom. The molecule has 0 spiro atoms. The molecule has 0 heterocycles. The SMILES string of the molecule is C(#CCSc1ccccc1)/C=C\C#CCSc1ccccc1. The maximum Gasteiger partial charge on any atom is 0.0598 e. The lowest BCUT2D eigenvalue weighted by Gasteiger charge is -1.93. The Bertz CT molecular complexity index is 632. The summed E-state index contributed by atoms with van der Waals surface area (Å²) in [5, 5.41) is 0. The minimum atomic E-state index is 0.797. The molecule has 2 heteroatoms. The average Bonchev–Trinajstić information content (AvgIpc) is 2.58. The van der Waals surface area contributed by atoms with Crippen LogP contribution < -0.4 is 0 Å². The fourth-order valence-corrected chi connectivity index (χ4v) is 2.90. The molecule has 0 amide bonds.